The SMILES string of the molecule is CC1(C)C(c2ccccc2)(c2ccccc2)N=N[C@]1(OO)c1ccccc1. The van der Waals surface area contributed by atoms with Crippen LogP contribution in [-0.4, -0.2) is 5.26 Å². The first-order chi connectivity index (χ1) is 13.1. The van der Waals surface area contributed by atoms with Crippen LogP contribution in [0.1, 0.15) is 30.5 Å². The van der Waals surface area contributed by atoms with Gasteiger partial charge in [0, 0.05) is 5.56 Å². The molecule has 4 nitrogen and oxygen atoms in total. The maximum atomic E-state index is 10.1. The van der Waals surface area contributed by atoms with E-state index < -0.39 is 16.7 Å². The number of hydrogen-bond acceptors (Lipinski definition) is 4. The normalized spacial score (nSPS) is 22.6. The number of nitrogens with zero attached hydrogens (tertiary/aromatic N) is 2. The van der Waals surface area contributed by atoms with Gasteiger partial charge in [0.1, 0.15) is 5.54 Å². The number of hydrogen-bond donors (Lipinski definition) is 1. The molecule has 3 aromatic rings. The van der Waals surface area contributed by atoms with Crippen LogP contribution in [-0.2, 0) is 16.2 Å². The first-order valence-corrected chi connectivity index (χ1v) is 9.02. The third-order valence-electron chi connectivity index (χ3n) is 5.77. The van der Waals surface area contributed by atoms with Gasteiger partial charge < -0.3 is 0 Å². The van der Waals surface area contributed by atoms with E-state index in [0.717, 1.165) is 16.7 Å². The third kappa shape index (κ3) is 2.30. The molecule has 0 saturated carbocycles. The minimum atomic E-state index is -1.32. The molecule has 0 aromatic heterocycles. The molecule has 136 valence electrons. The van der Waals surface area contributed by atoms with Crippen molar-refractivity contribution in [3.63, 3.8) is 0 Å². The average Bonchev–Trinajstić information content (AvgIpc) is 2.98. The van der Waals surface area contributed by atoms with Crippen LogP contribution >= 0.6 is 0 Å². The highest BCUT2D eigenvalue weighted by molar-refractivity contribution is 5.45. The Hall–Kier alpha value is -2.82. The van der Waals surface area contributed by atoms with Crippen LogP contribution in [0.5, 0.6) is 0 Å². The molecular weight excluding hydrogens is 336 g/mol. The number of azo groups is 1. The first-order valence-electron chi connectivity index (χ1n) is 9.02. The Kier molecular flexibility index (Phi) is 4.17. The lowest BCUT2D eigenvalue weighted by Crippen LogP contribution is -2.51. The van der Waals surface area contributed by atoms with E-state index in [1.54, 1.807) is 0 Å². The summed E-state index contributed by atoms with van der Waals surface area (Å²) in [6, 6.07) is 29.7. The highest BCUT2D eigenvalue weighted by atomic mass is 17.1. The molecule has 3 aromatic carbocycles. The van der Waals surface area contributed by atoms with Gasteiger partial charge >= 0.3 is 0 Å². The summed E-state index contributed by atoms with van der Waals surface area (Å²) in [5.74, 6) is 0. The molecule has 0 fully saturated rings. The minimum absolute atomic E-state index is 0.723. The molecule has 0 saturated heterocycles. The summed E-state index contributed by atoms with van der Waals surface area (Å²) < 4.78 is 0. The Morgan fingerprint density at radius 2 is 1.04 bits per heavy atom. The molecule has 27 heavy (non-hydrogen) atoms. The third-order valence-corrected chi connectivity index (χ3v) is 5.77. The molecule has 4 heteroatoms. The van der Waals surface area contributed by atoms with Gasteiger partial charge in [0.15, 0.2) is 0 Å². The molecule has 1 aliphatic heterocycles. The van der Waals surface area contributed by atoms with E-state index in [4.69, 9.17) is 10.0 Å². The monoisotopic (exact) mass is 358 g/mol. The maximum Gasteiger partial charge on any atom is 0.245 e. The molecule has 0 bridgehead atoms. The molecule has 0 spiro atoms. The number of benzene rings is 3. The summed E-state index contributed by atoms with van der Waals surface area (Å²) in [5, 5.41) is 19.4. The maximum absolute atomic E-state index is 10.1. The van der Waals surface area contributed by atoms with Gasteiger partial charge in [0.25, 0.3) is 0 Å². The topological polar surface area (TPSA) is 54.2 Å². The van der Waals surface area contributed by atoms with Crippen molar-refractivity contribution < 1.29 is 10.1 Å². The van der Waals surface area contributed by atoms with E-state index in [1.807, 2.05) is 105 Å². The van der Waals surface area contributed by atoms with Crippen molar-refractivity contribution in [3.05, 3.63) is 108 Å². The molecule has 0 amide bonds. The number of rotatable bonds is 4. The zero-order valence-corrected chi connectivity index (χ0v) is 15.4. The summed E-state index contributed by atoms with van der Waals surface area (Å²) in [4.78, 5) is 5.14. The van der Waals surface area contributed by atoms with E-state index in [0.29, 0.717) is 0 Å². The van der Waals surface area contributed by atoms with Crippen molar-refractivity contribution in [3.8, 4) is 0 Å². The molecule has 0 unspecified atom stereocenters. The van der Waals surface area contributed by atoms with Gasteiger partial charge in [-0.25, -0.2) is 10.1 Å². The predicted molar refractivity (Wildman–Crippen MR) is 104 cm³/mol. The zero-order valence-electron chi connectivity index (χ0n) is 15.4. The van der Waals surface area contributed by atoms with Crippen molar-refractivity contribution in [2.24, 2.45) is 15.6 Å². The highest BCUT2D eigenvalue weighted by Crippen LogP contribution is 2.63. The molecule has 1 N–H and O–H groups in total. The van der Waals surface area contributed by atoms with Crippen LogP contribution in [0.3, 0.4) is 0 Å². The molecular formula is C23H22N2O2. The van der Waals surface area contributed by atoms with Crippen molar-refractivity contribution >= 4 is 0 Å². The fourth-order valence-corrected chi connectivity index (χ4v) is 4.27. The smallest absolute Gasteiger partial charge is 0.245 e. The first kappa shape index (κ1) is 17.6. The summed E-state index contributed by atoms with van der Waals surface area (Å²) in [6.45, 7) is 4.08. The van der Waals surface area contributed by atoms with Gasteiger partial charge in [-0.3, -0.25) is 0 Å². The quantitative estimate of drug-likeness (QED) is 0.476. The van der Waals surface area contributed by atoms with E-state index in [2.05, 4.69) is 5.11 Å². The second kappa shape index (κ2) is 6.41. The predicted octanol–water partition coefficient (Wildman–Crippen LogP) is 5.76. The Balaban J connectivity index is 2.01. The molecule has 0 radical (unpaired) electrons. The second-order valence-corrected chi connectivity index (χ2v) is 7.37. The van der Waals surface area contributed by atoms with Crippen molar-refractivity contribution in [1.29, 1.82) is 0 Å². The molecule has 0 aliphatic carbocycles. The van der Waals surface area contributed by atoms with Crippen molar-refractivity contribution in [1.82, 2.24) is 0 Å². The zero-order chi connectivity index (χ0) is 19.0. The van der Waals surface area contributed by atoms with E-state index in [1.165, 1.54) is 0 Å². The largest absolute Gasteiger partial charge is 0.249 e. The lowest BCUT2D eigenvalue weighted by molar-refractivity contribution is -0.355. The molecule has 1 heterocycles. The highest BCUT2D eigenvalue weighted by Gasteiger charge is 2.67. The van der Waals surface area contributed by atoms with Gasteiger partial charge in [0.05, 0.1) is 5.41 Å². The van der Waals surface area contributed by atoms with Gasteiger partial charge in [-0.1, -0.05) is 105 Å². The standard InChI is InChI=1S/C23H22N2O2/c1-21(2)22(18-12-6-3-7-13-18,19-14-8-4-9-15-19)24-25-23(21,27-26)20-16-10-5-11-17-20/h3-17,26H,1-2H3/t23-/m0/s1. The fraction of sp³-hybridized carbons (Fsp3) is 0.217. The van der Waals surface area contributed by atoms with Crippen LogP contribution in [0.15, 0.2) is 101 Å². The van der Waals surface area contributed by atoms with Crippen molar-refractivity contribution in [2.45, 2.75) is 25.1 Å². The molecule has 4 rings (SSSR count). The van der Waals surface area contributed by atoms with Gasteiger partial charge in [-0.15, -0.1) is 5.11 Å². The molecule has 1 aliphatic rings. The van der Waals surface area contributed by atoms with Gasteiger partial charge in [-0.05, 0) is 11.1 Å². The van der Waals surface area contributed by atoms with Crippen LogP contribution < -0.4 is 0 Å². The van der Waals surface area contributed by atoms with E-state index in [-0.39, 0.29) is 0 Å². The lowest BCUT2D eigenvalue weighted by Gasteiger charge is -2.45. The Morgan fingerprint density at radius 3 is 1.44 bits per heavy atom. The van der Waals surface area contributed by atoms with Crippen molar-refractivity contribution in [2.75, 3.05) is 0 Å². The summed E-state index contributed by atoms with van der Waals surface area (Å²) in [7, 11) is 0. The minimum Gasteiger partial charge on any atom is -0.249 e. The van der Waals surface area contributed by atoms with Gasteiger partial charge in [0.2, 0.25) is 5.72 Å². The summed E-state index contributed by atoms with van der Waals surface area (Å²) >= 11 is 0. The molecule has 1 atom stereocenters. The summed E-state index contributed by atoms with van der Waals surface area (Å²) in [6.07, 6.45) is 0. The van der Waals surface area contributed by atoms with E-state index >= 15 is 0 Å². The lowest BCUT2D eigenvalue weighted by atomic mass is 9.60. The average molecular weight is 358 g/mol. The van der Waals surface area contributed by atoms with Crippen LogP contribution in [0, 0.1) is 5.41 Å². The Bertz CT molecular complexity index is 900. The van der Waals surface area contributed by atoms with Crippen LogP contribution in [0.25, 0.3) is 0 Å². The summed E-state index contributed by atoms with van der Waals surface area (Å²) in [5.41, 5.74) is -0.0954. The van der Waals surface area contributed by atoms with Crippen LogP contribution in [0.4, 0.5) is 0 Å². The Labute approximate surface area is 159 Å². The van der Waals surface area contributed by atoms with Gasteiger partial charge in [-0.2, -0.15) is 5.11 Å². The second-order valence-electron chi connectivity index (χ2n) is 7.37. The van der Waals surface area contributed by atoms with E-state index in [9.17, 15) is 5.26 Å². The fourth-order valence-electron chi connectivity index (χ4n) is 4.27. The Morgan fingerprint density at radius 1 is 0.630 bits per heavy atom. The van der Waals surface area contributed by atoms with Crippen LogP contribution in [0.2, 0.25) is 0 Å².